The van der Waals surface area contributed by atoms with Gasteiger partial charge < -0.3 is 10.5 Å². The smallest absolute Gasteiger partial charge is 0.120 e. The minimum atomic E-state index is 0.211. The molecule has 1 aromatic carbocycles. The summed E-state index contributed by atoms with van der Waals surface area (Å²) in [6, 6.07) is 8.58. The van der Waals surface area contributed by atoms with Gasteiger partial charge in [-0.25, -0.2) is 0 Å². The van der Waals surface area contributed by atoms with Gasteiger partial charge in [-0.2, -0.15) is 0 Å². The molecule has 2 heteroatoms. The summed E-state index contributed by atoms with van der Waals surface area (Å²) in [7, 11) is 0. The van der Waals surface area contributed by atoms with Crippen LogP contribution in [0.1, 0.15) is 44.6 Å². The molecule has 0 radical (unpaired) electrons. The topological polar surface area (TPSA) is 35.2 Å². The number of rotatable bonds is 3. The lowest BCUT2D eigenvalue weighted by atomic mass is 10.0. The zero-order valence-electron chi connectivity index (χ0n) is 10.1. The highest BCUT2D eigenvalue weighted by atomic mass is 16.5. The summed E-state index contributed by atoms with van der Waals surface area (Å²) in [5.41, 5.74) is 7.32. The van der Waals surface area contributed by atoms with E-state index < -0.39 is 0 Å². The lowest BCUT2D eigenvalue weighted by molar-refractivity contribution is 0.191. The first-order valence-electron chi connectivity index (χ1n) is 6.19. The molecule has 1 aliphatic carbocycles. The molecule has 0 heterocycles. The van der Waals surface area contributed by atoms with Crippen LogP contribution in [0.25, 0.3) is 0 Å². The Bertz CT molecular complexity index is 348. The molecular weight excluding hydrogens is 198 g/mol. The Morgan fingerprint density at radius 3 is 2.75 bits per heavy atom. The molecule has 0 amide bonds. The van der Waals surface area contributed by atoms with Crippen molar-refractivity contribution < 1.29 is 4.74 Å². The number of hydrogen-bond donors (Lipinski definition) is 1. The highest BCUT2D eigenvalue weighted by molar-refractivity contribution is 5.30. The van der Waals surface area contributed by atoms with Crippen molar-refractivity contribution in [3.63, 3.8) is 0 Å². The SMILES string of the molecule is CC(C)c1cccc(OC2CCCC2N)c1. The van der Waals surface area contributed by atoms with E-state index >= 15 is 0 Å². The van der Waals surface area contributed by atoms with Gasteiger partial charge in [-0.3, -0.25) is 0 Å². The van der Waals surface area contributed by atoms with Crippen LogP contribution in [0.3, 0.4) is 0 Å². The Hall–Kier alpha value is -1.02. The highest BCUT2D eigenvalue weighted by Gasteiger charge is 2.25. The minimum Gasteiger partial charge on any atom is -0.489 e. The van der Waals surface area contributed by atoms with Gasteiger partial charge in [-0.1, -0.05) is 26.0 Å². The van der Waals surface area contributed by atoms with Crippen molar-refractivity contribution in [3.8, 4) is 5.75 Å². The second-order valence-corrected chi connectivity index (χ2v) is 4.98. The van der Waals surface area contributed by atoms with Crippen molar-refractivity contribution in [2.75, 3.05) is 0 Å². The molecule has 0 aromatic heterocycles. The summed E-state index contributed by atoms with van der Waals surface area (Å²) < 4.78 is 5.95. The normalized spacial score (nSPS) is 25.0. The number of hydrogen-bond acceptors (Lipinski definition) is 2. The maximum atomic E-state index is 6.00. The first-order chi connectivity index (χ1) is 7.66. The van der Waals surface area contributed by atoms with E-state index in [1.54, 1.807) is 0 Å². The van der Waals surface area contributed by atoms with Gasteiger partial charge in [0.1, 0.15) is 11.9 Å². The van der Waals surface area contributed by atoms with Gasteiger partial charge in [0.15, 0.2) is 0 Å². The molecule has 2 atom stereocenters. The zero-order valence-corrected chi connectivity index (χ0v) is 10.1. The van der Waals surface area contributed by atoms with Crippen molar-refractivity contribution in [3.05, 3.63) is 29.8 Å². The van der Waals surface area contributed by atoms with Crippen LogP contribution in [-0.2, 0) is 0 Å². The molecule has 0 aliphatic heterocycles. The summed E-state index contributed by atoms with van der Waals surface area (Å²) in [5, 5.41) is 0. The Labute approximate surface area is 97.8 Å². The fourth-order valence-electron chi connectivity index (χ4n) is 2.22. The van der Waals surface area contributed by atoms with E-state index in [2.05, 4.69) is 32.0 Å². The van der Waals surface area contributed by atoms with Gasteiger partial charge in [0.25, 0.3) is 0 Å². The maximum Gasteiger partial charge on any atom is 0.120 e. The van der Waals surface area contributed by atoms with Gasteiger partial charge >= 0.3 is 0 Å². The van der Waals surface area contributed by atoms with E-state index in [9.17, 15) is 0 Å². The molecule has 16 heavy (non-hydrogen) atoms. The van der Waals surface area contributed by atoms with Gasteiger partial charge in [0.05, 0.1) is 0 Å². The molecule has 0 bridgehead atoms. The molecule has 2 unspecified atom stereocenters. The second-order valence-electron chi connectivity index (χ2n) is 4.98. The predicted molar refractivity (Wildman–Crippen MR) is 66.8 cm³/mol. The fourth-order valence-corrected chi connectivity index (χ4v) is 2.22. The van der Waals surface area contributed by atoms with Crippen molar-refractivity contribution in [1.82, 2.24) is 0 Å². The number of benzene rings is 1. The van der Waals surface area contributed by atoms with Crippen molar-refractivity contribution in [1.29, 1.82) is 0 Å². The van der Waals surface area contributed by atoms with Gasteiger partial charge in [-0.05, 0) is 42.9 Å². The maximum absolute atomic E-state index is 6.00. The van der Waals surface area contributed by atoms with E-state index in [0.717, 1.165) is 18.6 Å². The molecule has 1 aliphatic rings. The van der Waals surface area contributed by atoms with Crippen LogP contribution in [0.2, 0.25) is 0 Å². The lowest BCUT2D eigenvalue weighted by Gasteiger charge is -2.18. The molecule has 0 spiro atoms. The highest BCUT2D eigenvalue weighted by Crippen LogP contribution is 2.25. The molecule has 1 saturated carbocycles. The largest absolute Gasteiger partial charge is 0.489 e. The Morgan fingerprint density at radius 1 is 1.31 bits per heavy atom. The molecule has 1 aromatic rings. The van der Waals surface area contributed by atoms with Crippen LogP contribution in [0, 0.1) is 0 Å². The molecule has 2 nitrogen and oxygen atoms in total. The van der Waals surface area contributed by atoms with Crippen LogP contribution in [0.5, 0.6) is 5.75 Å². The van der Waals surface area contributed by atoms with Crippen LogP contribution in [0.15, 0.2) is 24.3 Å². The summed E-state index contributed by atoms with van der Waals surface area (Å²) >= 11 is 0. The first-order valence-corrected chi connectivity index (χ1v) is 6.19. The van der Waals surface area contributed by atoms with Crippen LogP contribution < -0.4 is 10.5 Å². The third kappa shape index (κ3) is 2.56. The van der Waals surface area contributed by atoms with Crippen LogP contribution in [0.4, 0.5) is 0 Å². The van der Waals surface area contributed by atoms with E-state index in [1.807, 2.05) is 6.07 Å². The third-order valence-corrected chi connectivity index (χ3v) is 3.32. The molecule has 2 N–H and O–H groups in total. The van der Waals surface area contributed by atoms with Gasteiger partial charge in [0, 0.05) is 6.04 Å². The first kappa shape index (κ1) is 11.5. The van der Waals surface area contributed by atoms with E-state index in [4.69, 9.17) is 10.5 Å². The third-order valence-electron chi connectivity index (χ3n) is 3.32. The zero-order chi connectivity index (χ0) is 11.5. The lowest BCUT2D eigenvalue weighted by Crippen LogP contribution is -2.33. The number of nitrogens with two attached hydrogens (primary N) is 1. The van der Waals surface area contributed by atoms with E-state index in [0.29, 0.717) is 5.92 Å². The summed E-state index contributed by atoms with van der Waals surface area (Å²) in [5.74, 6) is 1.51. The molecule has 88 valence electrons. The predicted octanol–water partition coefficient (Wildman–Crippen LogP) is 3.07. The average molecular weight is 219 g/mol. The van der Waals surface area contributed by atoms with Gasteiger partial charge in [0.2, 0.25) is 0 Å². The Morgan fingerprint density at radius 2 is 2.12 bits per heavy atom. The number of ether oxygens (including phenoxy) is 1. The van der Waals surface area contributed by atoms with Crippen molar-refractivity contribution in [2.24, 2.45) is 5.73 Å². The van der Waals surface area contributed by atoms with Crippen molar-refractivity contribution >= 4 is 0 Å². The molecule has 2 rings (SSSR count). The summed E-state index contributed by atoms with van der Waals surface area (Å²) in [6.07, 6.45) is 3.58. The van der Waals surface area contributed by atoms with E-state index in [1.165, 1.54) is 12.0 Å². The molecule has 0 saturated heterocycles. The van der Waals surface area contributed by atoms with Crippen LogP contribution >= 0.6 is 0 Å². The Kier molecular flexibility index (Phi) is 3.49. The van der Waals surface area contributed by atoms with Crippen LogP contribution in [-0.4, -0.2) is 12.1 Å². The monoisotopic (exact) mass is 219 g/mol. The van der Waals surface area contributed by atoms with Crippen molar-refractivity contribution in [2.45, 2.75) is 51.2 Å². The molecule has 1 fully saturated rings. The standard InChI is InChI=1S/C14H21NO/c1-10(2)11-5-3-6-12(9-11)16-14-8-4-7-13(14)15/h3,5-6,9-10,13-14H,4,7-8,15H2,1-2H3. The quantitative estimate of drug-likeness (QED) is 0.848. The summed E-state index contributed by atoms with van der Waals surface area (Å²) in [6.45, 7) is 4.39. The molecular formula is C14H21NO. The van der Waals surface area contributed by atoms with E-state index in [-0.39, 0.29) is 12.1 Å². The second kappa shape index (κ2) is 4.88. The minimum absolute atomic E-state index is 0.211. The van der Waals surface area contributed by atoms with Gasteiger partial charge in [-0.15, -0.1) is 0 Å². The fraction of sp³-hybridized carbons (Fsp3) is 0.571. The summed E-state index contributed by atoms with van der Waals surface area (Å²) in [4.78, 5) is 0. The average Bonchev–Trinajstić information content (AvgIpc) is 2.65. The Balaban J connectivity index is 2.06.